The third-order valence-corrected chi connectivity index (χ3v) is 6.44. The molecule has 0 aliphatic carbocycles. The quantitative estimate of drug-likeness (QED) is 0.324. The van der Waals surface area contributed by atoms with Crippen molar-refractivity contribution in [2.24, 2.45) is 0 Å². The minimum Gasteiger partial charge on any atom is -0.352 e. The predicted molar refractivity (Wildman–Crippen MR) is 125 cm³/mol. The lowest BCUT2D eigenvalue weighted by molar-refractivity contribution is -0.139. The van der Waals surface area contributed by atoms with Gasteiger partial charge in [0.15, 0.2) is 0 Å². The molecule has 2 aromatic rings. The third-order valence-electron chi connectivity index (χ3n) is 4.51. The van der Waals surface area contributed by atoms with Crippen molar-refractivity contribution in [2.45, 2.75) is 44.8 Å². The normalized spacial score (nSPS) is 12.9. The summed E-state index contributed by atoms with van der Waals surface area (Å²) in [6, 6.07) is 7.46. The Labute approximate surface area is 202 Å². The number of rotatable bonds is 8. The van der Waals surface area contributed by atoms with Crippen molar-refractivity contribution in [3.63, 3.8) is 0 Å². The summed E-state index contributed by atoms with van der Waals surface area (Å²) in [5.41, 5.74) is 1.28. The number of benzene rings is 2. The molecule has 1 unspecified atom stereocenters. The number of halogens is 7. The summed E-state index contributed by atoms with van der Waals surface area (Å²) >= 11 is 21.1. The third kappa shape index (κ3) is 7.70. The van der Waals surface area contributed by atoms with Gasteiger partial charge in [-0.1, -0.05) is 88.4 Å². The highest BCUT2D eigenvalue weighted by molar-refractivity contribution is 9.10. The zero-order chi connectivity index (χ0) is 23.2. The molecule has 9 heteroatoms. The Balaban J connectivity index is 2.19. The Kier molecular flexibility index (Phi) is 9.74. The van der Waals surface area contributed by atoms with Crippen molar-refractivity contribution in [3.8, 4) is 0 Å². The average Bonchev–Trinajstić information content (AvgIpc) is 2.68. The largest absolute Gasteiger partial charge is 0.399 e. The van der Waals surface area contributed by atoms with Gasteiger partial charge in [-0.15, -0.1) is 0 Å². The van der Waals surface area contributed by atoms with Crippen LogP contribution in [0, 0.1) is 0 Å². The highest BCUT2D eigenvalue weighted by Gasteiger charge is 2.39. The Morgan fingerprint density at radius 3 is 2.35 bits per heavy atom. The van der Waals surface area contributed by atoms with E-state index >= 15 is 0 Å². The fourth-order valence-electron chi connectivity index (χ4n) is 2.80. The maximum atomic E-state index is 13.7. The number of alkyl halides is 3. The standard InChI is InChI=1S/C22H20BrCl3F3NO/c1-2-3-4-20(31)30-12-14-7-5-13(9-17(14)23)6-8-16(22(27,28)29)15-10-18(24)21(26)19(25)11-15/h5-11,16H,2-4,12H2,1H3,(H,30,31)/b8-6+. The molecule has 31 heavy (non-hydrogen) atoms. The van der Waals surface area contributed by atoms with Crippen molar-refractivity contribution >= 4 is 62.7 Å². The molecular formula is C22H20BrCl3F3NO. The van der Waals surface area contributed by atoms with Crippen LogP contribution in [0.3, 0.4) is 0 Å². The molecule has 1 amide bonds. The van der Waals surface area contributed by atoms with Gasteiger partial charge in [0.2, 0.25) is 5.91 Å². The SMILES string of the molecule is CCCCC(=O)NCc1ccc(/C=C/C(c2cc(Cl)c(Cl)c(Cl)c2)C(F)(F)F)cc1Br. The van der Waals surface area contributed by atoms with Crippen LogP contribution in [0.15, 0.2) is 40.9 Å². The molecule has 0 heterocycles. The van der Waals surface area contributed by atoms with Gasteiger partial charge in [0.1, 0.15) is 0 Å². The lowest BCUT2D eigenvalue weighted by Crippen LogP contribution is -2.22. The number of carbonyl (C=O) groups is 1. The van der Waals surface area contributed by atoms with E-state index < -0.39 is 12.1 Å². The minimum atomic E-state index is -4.54. The predicted octanol–water partition coefficient (Wildman–Crippen LogP) is 8.58. The van der Waals surface area contributed by atoms with Crippen LogP contribution in [0.25, 0.3) is 6.08 Å². The second-order valence-corrected chi connectivity index (χ2v) is 8.95. The monoisotopic (exact) mass is 555 g/mol. The van der Waals surface area contributed by atoms with E-state index in [-0.39, 0.29) is 26.5 Å². The van der Waals surface area contributed by atoms with Crippen molar-refractivity contribution in [3.05, 3.63) is 72.6 Å². The Morgan fingerprint density at radius 1 is 1.16 bits per heavy atom. The summed E-state index contributed by atoms with van der Waals surface area (Å²) in [5.74, 6) is -1.94. The molecule has 168 valence electrons. The molecule has 0 bridgehead atoms. The van der Waals surface area contributed by atoms with Crippen LogP contribution >= 0.6 is 50.7 Å². The van der Waals surface area contributed by atoms with Gasteiger partial charge in [-0.25, -0.2) is 0 Å². The van der Waals surface area contributed by atoms with E-state index in [0.717, 1.165) is 24.5 Å². The summed E-state index contributed by atoms with van der Waals surface area (Å²) < 4.78 is 41.7. The Hall–Kier alpha value is -1.21. The molecule has 1 atom stereocenters. The van der Waals surface area contributed by atoms with Gasteiger partial charge in [-0.3, -0.25) is 4.79 Å². The van der Waals surface area contributed by atoms with Crippen LogP contribution < -0.4 is 5.32 Å². The Bertz CT molecular complexity index is 940. The number of hydrogen-bond donors (Lipinski definition) is 1. The number of carbonyl (C=O) groups excluding carboxylic acids is 1. The summed E-state index contributed by atoms with van der Waals surface area (Å²) in [6.07, 6.45) is 0.100. The number of amides is 1. The van der Waals surface area contributed by atoms with Crippen molar-refractivity contribution in [1.29, 1.82) is 0 Å². The molecule has 0 saturated heterocycles. The van der Waals surface area contributed by atoms with Gasteiger partial charge >= 0.3 is 6.18 Å². The van der Waals surface area contributed by atoms with Gasteiger partial charge in [-0.05, 0) is 41.3 Å². The molecular weight excluding hydrogens is 538 g/mol. The Morgan fingerprint density at radius 2 is 1.81 bits per heavy atom. The molecule has 0 spiro atoms. The fourth-order valence-corrected chi connectivity index (χ4v) is 3.95. The zero-order valence-corrected chi connectivity index (χ0v) is 20.4. The van der Waals surface area contributed by atoms with Gasteiger partial charge in [0, 0.05) is 17.4 Å². The van der Waals surface area contributed by atoms with Gasteiger partial charge in [0.05, 0.1) is 21.0 Å². The van der Waals surface area contributed by atoms with Gasteiger partial charge < -0.3 is 5.32 Å². The lowest BCUT2D eigenvalue weighted by atomic mass is 9.97. The molecule has 0 aliphatic heterocycles. The molecule has 0 saturated carbocycles. The summed E-state index contributed by atoms with van der Waals surface area (Å²) in [4.78, 5) is 11.8. The van der Waals surface area contributed by atoms with Crippen LogP contribution in [-0.2, 0) is 11.3 Å². The maximum Gasteiger partial charge on any atom is 0.399 e. The van der Waals surface area contributed by atoms with Crippen LogP contribution in [-0.4, -0.2) is 12.1 Å². The smallest absolute Gasteiger partial charge is 0.352 e. The van der Waals surface area contributed by atoms with Crippen LogP contribution in [0.1, 0.15) is 48.8 Å². The number of unbranched alkanes of at least 4 members (excludes halogenated alkanes) is 1. The second-order valence-electron chi connectivity index (χ2n) is 6.91. The number of nitrogens with one attached hydrogen (secondary N) is 1. The van der Waals surface area contributed by atoms with E-state index in [1.165, 1.54) is 18.2 Å². The molecule has 0 aromatic heterocycles. The first-order valence-corrected chi connectivity index (χ1v) is 11.4. The number of allylic oxidation sites excluding steroid dienone is 1. The van der Waals surface area contributed by atoms with Crippen molar-refractivity contribution in [2.75, 3.05) is 0 Å². The van der Waals surface area contributed by atoms with Crippen LogP contribution in [0.2, 0.25) is 15.1 Å². The maximum absolute atomic E-state index is 13.7. The molecule has 2 nitrogen and oxygen atoms in total. The average molecular weight is 558 g/mol. The molecule has 0 radical (unpaired) electrons. The summed E-state index contributed by atoms with van der Waals surface area (Å²) in [5, 5.41) is 2.76. The molecule has 2 aromatic carbocycles. The van der Waals surface area contributed by atoms with E-state index in [0.29, 0.717) is 23.0 Å². The highest BCUT2D eigenvalue weighted by atomic mass is 79.9. The van der Waals surface area contributed by atoms with Gasteiger partial charge in [0.25, 0.3) is 0 Å². The van der Waals surface area contributed by atoms with Crippen LogP contribution in [0.4, 0.5) is 13.2 Å². The van der Waals surface area contributed by atoms with E-state index in [9.17, 15) is 18.0 Å². The van der Waals surface area contributed by atoms with Crippen molar-refractivity contribution < 1.29 is 18.0 Å². The molecule has 2 rings (SSSR count). The first kappa shape index (κ1) is 26.0. The minimum absolute atomic E-state index is 0.0123. The topological polar surface area (TPSA) is 29.1 Å². The zero-order valence-electron chi connectivity index (χ0n) is 16.5. The summed E-state index contributed by atoms with van der Waals surface area (Å²) in [7, 11) is 0. The van der Waals surface area contributed by atoms with E-state index in [2.05, 4.69) is 21.2 Å². The molecule has 0 aliphatic rings. The van der Waals surface area contributed by atoms with Crippen LogP contribution in [0.5, 0.6) is 0 Å². The number of hydrogen-bond acceptors (Lipinski definition) is 1. The second kappa shape index (κ2) is 11.6. The highest BCUT2D eigenvalue weighted by Crippen LogP contribution is 2.41. The first-order chi connectivity index (χ1) is 14.5. The van der Waals surface area contributed by atoms with Crippen molar-refractivity contribution in [1.82, 2.24) is 5.32 Å². The lowest BCUT2D eigenvalue weighted by Gasteiger charge is -2.18. The fraction of sp³-hybridized carbons (Fsp3) is 0.318. The molecule has 1 N–H and O–H groups in total. The van der Waals surface area contributed by atoms with E-state index in [4.69, 9.17) is 34.8 Å². The van der Waals surface area contributed by atoms with E-state index in [1.54, 1.807) is 18.2 Å². The molecule has 0 fully saturated rings. The van der Waals surface area contributed by atoms with Gasteiger partial charge in [-0.2, -0.15) is 13.2 Å². The first-order valence-electron chi connectivity index (χ1n) is 9.47. The van der Waals surface area contributed by atoms with E-state index in [1.807, 2.05) is 6.92 Å². The summed E-state index contributed by atoms with van der Waals surface area (Å²) in [6.45, 7) is 2.34.